The fourth-order valence-electron chi connectivity index (χ4n) is 5.99. The zero-order valence-corrected chi connectivity index (χ0v) is 22.2. The number of hydrogen-bond acceptors (Lipinski definition) is 6. The molecule has 200 valence electrons. The van der Waals surface area contributed by atoms with Gasteiger partial charge in [0.05, 0.1) is 17.7 Å². The number of nitriles is 2. The number of nitrogens with zero attached hydrogens (tertiary/aromatic N) is 5. The van der Waals surface area contributed by atoms with Crippen LogP contribution in [0.4, 0.5) is 0 Å². The zero-order valence-electron chi connectivity index (χ0n) is 22.2. The summed E-state index contributed by atoms with van der Waals surface area (Å²) in [5.74, 6) is 2.15. The van der Waals surface area contributed by atoms with Gasteiger partial charge >= 0.3 is 0 Å². The van der Waals surface area contributed by atoms with Crippen LogP contribution in [0.2, 0.25) is 0 Å². The molecule has 8 heteroatoms. The van der Waals surface area contributed by atoms with Crippen LogP contribution in [0.1, 0.15) is 30.5 Å². The number of likely N-dealkylation sites (tertiary alicyclic amines) is 2. The van der Waals surface area contributed by atoms with Gasteiger partial charge in [0.1, 0.15) is 18.5 Å². The van der Waals surface area contributed by atoms with Crippen LogP contribution in [0, 0.1) is 34.6 Å². The molecule has 8 nitrogen and oxygen atoms in total. The average Bonchev–Trinajstić information content (AvgIpc) is 2.95. The molecule has 3 aromatic rings. The van der Waals surface area contributed by atoms with E-state index in [1.165, 1.54) is 10.8 Å². The molecule has 3 aromatic carbocycles. The maximum absolute atomic E-state index is 10.6. The summed E-state index contributed by atoms with van der Waals surface area (Å²) in [5.41, 5.74) is 1.73. The van der Waals surface area contributed by atoms with E-state index in [2.05, 4.69) is 64.6 Å². The highest BCUT2D eigenvalue weighted by Gasteiger charge is 2.36. The maximum Gasteiger partial charge on any atom is 0.207 e. The van der Waals surface area contributed by atoms with Gasteiger partial charge in [-0.15, -0.1) is 0 Å². The Labute approximate surface area is 229 Å². The first-order valence-corrected chi connectivity index (χ1v) is 13.5. The number of aliphatic imine (C=N–C) groups is 1. The first-order valence-electron chi connectivity index (χ1n) is 13.5. The summed E-state index contributed by atoms with van der Waals surface area (Å²) >= 11 is 0. The number of guanidine groups is 1. The van der Waals surface area contributed by atoms with E-state index >= 15 is 0 Å². The van der Waals surface area contributed by atoms with Crippen molar-refractivity contribution in [2.45, 2.75) is 25.5 Å². The lowest BCUT2D eigenvalue weighted by Gasteiger charge is -2.46. The summed E-state index contributed by atoms with van der Waals surface area (Å²) in [4.78, 5) is 9.55. The van der Waals surface area contributed by atoms with Gasteiger partial charge in [0.15, 0.2) is 6.19 Å². The number of fused-ring (bicyclic) bond motifs is 3. The Balaban J connectivity index is 1.19. The molecule has 0 radical (unpaired) electrons. The molecule has 2 aliphatic heterocycles. The zero-order chi connectivity index (χ0) is 27.2. The highest BCUT2D eigenvalue weighted by Crippen LogP contribution is 2.30. The Morgan fingerprint density at radius 2 is 1.74 bits per heavy atom. The molecule has 0 saturated carbocycles. The Hall–Kier alpha value is -4.11. The SMILES string of the molecule is C[C@H](N=C(NC#N)N1CC2CC(CN(CC(O)COc3ccc(C#N)cc3)C2)C1)c1cccc2ccccc12. The summed E-state index contributed by atoms with van der Waals surface area (Å²) in [6.45, 7) is 6.26. The number of benzene rings is 3. The number of rotatable bonds is 7. The third kappa shape index (κ3) is 6.49. The molecule has 0 aromatic heterocycles. The van der Waals surface area contributed by atoms with E-state index in [0.717, 1.165) is 38.2 Å². The van der Waals surface area contributed by atoms with E-state index in [4.69, 9.17) is 15.0 Å². The van der Waals surface area contributed by atoms with Crippen molar-refractivity contribution in [1.29, 1.82) is 10.5 Å². The molecular weight excluding hydrogens is 488 g/mol. The van der Waals surface area contributed by atoms with E-state index < -0.39 is 6.10 Å². The van der Waals surface area contributed by atoms with E-state index in [1.807, 2.05) is 12.1 Å². The monoisotopic (exact) mass is 522 g/mol. The van der Waals surface area contributed by atoms with Gasteiger partial charge in [0.25, 0.3) is 0 Å². The normalized spacial score (nSPS) is 21.0. The molecule has 2 aliphatic rings. The second-order valence-corrected chi connectivity index (χ2v) is 10.6. The van der Waals surface area contributed by atoms with Gasteiger partial charge in [-0.05, 0) is 65.8 Å². The Morgan fingerprint density at radius 3 is 2.46 bits per heavy atom. The van der Waals surface area contributed by atoms with Gasteiger partial charge in [-0.3, -0.25) is 10.2 Å². The number of aliphatic hydroxyl groups excluding tert-OH is 1. The first kappa shape index (κ1) is 26.5. The number of nitrogens with one attached hydrogen (secondary N) is 1. The van der Waals surface area contributed by atoms with Crippen molar-refractivity contribution in [2.75, 3.05) is 39.3 Å². The summed E-state index contributed by atoms with van der Waals surface area (Å²) < 4.78 is 5.73. The van der Waals surface area contributed by atoms with Crippen molar-refractivity contribution in [3.05, 3.63) is 77.9 Å². The largest absolute Gasteiger partial charge is 0.491 e. The van der Waals surface area contributed by atoms with Crippen LogP contribution in [0.3, 0.4) is 0 Å². The Bertz CT molecular complexity index is 1370. The van der Waals surface area contributed by atoms with Crippen molar-refractivity contribution in [3.63, 3.8) is 0 Å². The number of aliphatic hydroxyl groups is 1. The second kappa shape index (κ2) is 12.2. The van der Waals surface area contributed by atoms with Gasteiger partial charge in [-0.2, -0.15) is 10.5 Å². The van der Waals surface area contributed by atoms with E-state index in [1.54, 1.807) is 24.3 Å². The lowest BCUT2D eigenvalue weighted by molar-refractivity contribution is 0.0141. The maximum atomic E-state index is 10.6. The third-order valence-corrected chi connectivity index (χ3v) is 7.61. The Kier molecular flexibility index (Phi) is 8.27. The van der Waals surface area contributed by atoms with Crippen LogP contribution >= 0.6 is 0 Å². The lowest BCUT2D eigenvalue weighted by Crippen LogP contribution is -2.57. The van der Waals surface area contributed by atoms with Gasteiger partial charge in [0, 0.05) is 32.7 Å². The molecule has 2 heterocycles. The summed E-state index contributed by atoms with van der Waals surface area (Å²) in [6, 6.07) is 23.5. The van der Waals surface area contributed by atoms with Crippen molar-refractivity contribution in [1.82, 2.24) is 15.1 Å². The fourth-order valence-corrected chi connectivity index (χ4v) is 5.99. The number of β-amino-alcohol motifs (C(OH)–C–C–N with tert-alkyl or cyclic N) is 1. The number of ether oxygens (including phenoxy) is 1. The second-order valence-electron chi connectivity index (χ2n) is 10.6. The molecule has 2 N–H and O–H groups in total. The summed E-state index contributed by atoms with van der Waals surface area (Å²) in [5, 5.41) is 34.3. The van der Waals surface area contributed by atoms with Crippen molar-refractivity contribution in [2.24, 2.45) is 16.8 Å². The molecule has 2 bridgehead atoms. The average molecular weight is 523 g/mol. The minimum absolute atomic E-state index is 0.100. The van der Waals surface area contributed by atoms with E-state index in [0.29, 0.717) is 35.7 Å². The van der Waals surface area contributed by atoms with Crippen molar-refractivity contribution >= 4 is 16.7 Å². The highest BCUT2D eigenvalue weighted by atomic mass is 16.5. The molecule has 39 heavy (non-hydrogen) atoms. The molecule has 2 saturated heterocycles. The molecule has 0 spiro atoms. The molecular formula is C31H34N6O2. The number of hydrogen-bond donors (Lipinski definition) is 2. The molecule has 2 fully saturated rings. The van der Waals surface area contributed by atoms with Gasteiger partial charge < -0.3 is 14.7 Å². The predicted octanol–water partition coefficient (Wildman–Crippen LogP) is 3.89. The summed E-state index contributed by atoms with van der Waals surface area (Å²) in [7, 11) is 0. The topological polar surface area (TPSA) is 108 Å². The molecule has 5 rings (SSSR count). The first-order chi connectivity index (χ1) is 19.0. The van der Waals surface area contributed by atoms with Crippen LogP contribution in [-0.4, -0.2) is 66.3 Å². The van der Waals surface area contributed by atoms with E-state index in [9.17, 15) is 10.4 Å². The fraction of sp³-hybridized carbons (Fsp3) is 0.387. The molecule has 0 aliphatic carbocycles. The van der Waals surface area contributed by atoms with Gasteiger partial charge in [-0.1, -0.05) is 42.5 Å². The molecule has 3 unspecified atom stereocenters. The van der Waals surface area contributed by atoms with Gasteiger partial charge in [0.2, 0.25) is 5.96 Å². The lowest BCUT2D eigenvalue weighted by atomic mass is 9.84. The quantitative estimate of drug-likeness (QED) is 0.210. The predicted molar refractivity (Wildman–Crippen MR) is 151 cm³/mol. The molecule has 0 amide bonds. The van der Waals surface area contributed by atoms with E-state index in [-0.39, 0.29) is 12.6 Å². The minimum Gasteiger partial charge on any atom is -0.491 e. The third-order valence-electron chi connectivity index (χ3n) is 7.61. The Morgan fingerprint density at radius 1 is 1.03 bits per heavy atom. The molecule has 4 atom stereocenters. The summed E-state index contributed by atoms with van der Waals surface area (Å²) in [6.07, 6.45) is 2.64. The van der Waals surface area contributed by atoms with Crippen LogP contribution < -0.4 is 10.1 Å². The number of piperidine rings is 2. The minimum atomic E-state index is -0.602. The van der Waals surface area contributed by atoms with Crippen molar-refractivity contribution < 1.29 is 9.84 Å². The highest BCUT2D eigenvalue weighted by molar-refractivity contribution is 5.87. The van der Waals surface area contributed by atoms with Gasteiger partial charge in [-0.25, -0.2) is 4.99 Å². The van der Waals surface area contributed by atoms with Crippen LogP contribution in [0.5, 0.6) is 5.75 Å². The van der Waals surface area contributed by atoms with Crippen LogP contribution in [0.15, 0.2) is 71.7 Å². The van der Waals surface area contributed by atoms with Crippen LogP contribution in [-0.2, 0) is 0 Å². The smallest absolute Gasteiger partial charge is 0.207 e. The standard InChI is InChI=1S/C31H34N6O2/c1-22(29-8-4-6-26-5-2-3-7-30(26)29)35-31(34-21-33)37-17-24-13-25(18-37)16-36(15-24)19-27(38)20-39-28-11-9-23(14-32)10-12-28/h2-12,22,24-25,27,38H,13,15-20H2,1H3,(H,34,35)/t22-,24?,25?,27?/m0/s1. The van der Waals surface area contributed by atoms with Crippen LogP contribution in [0.25, 0.3) is 10.8 Å². The van der Waals surface area contributed by atoms with Crippen molar-refractivity contribution in [3.8, 4) is 18.0 Å².